The maximum atomic E-state index is 5.74. The van der Waals surface area contributed by atoms with Gasteiger partial charge in [0.05, 0.1) is 17.9 Å². The first-order valence-electron chi connectivity index (χ1n) is 5.99. The number of nitrogens with two attached hydrogens (primary N) is 1. The molecule has 0 aliphatic heterocycles. The van der Waals surface area contributed by atoms with E-state index >= 15 is 0 Å². The van der Waals surface area contributed by atoms with Crippen LogP contribution in [-0.2, 0) is 19.5 Å². The molecule has 5 nitrogen and oxygen atoms in total. The van der Waals surface area contributed by atoms with E-state index in [9.17, 15) is 0 Å². The fourth-order valence-corrected chi connectivity index (χ4v) is 1.87. The Bertz CT molecular complexity index is 489. The second-order valence-corrected chi connectivity index (χ2v) is 4.19. The van der Waals surface area contributed by atoms with E-state index in [1.165, 1.54) is 5.69 Å². The lowest BCUT2D eigenvalue weighted by atomic mass is 10.3. The molecule has 0 saturated heterocycles. The van der Waals surface area contributed by atoms with E-state index in [4.69, 9.17) is 5.73 Å². The molecule has 0 saturated carbocycles. The number of aryl methyl sites for hydroxylation is 3. The van der Waals surface area contributed by atoms with Gasteiger partial charge in [-0.1, -0.05) is 6.92 Å². The van der Waals surface area contributed by atoms with Crippen LogP contribution in [0.3, 0.4) is 0 Å². The lowest BCUT2D eigenvalue weighted by Gasteiger charge is -2.04. The largest absolute Gasteiger partial charge is 0.382 e. The molecule has 2 rings (SSSR count). The molecule has 2 aromatic rings. The van der Waals surface area contributed by atoms with E-state index in [1.54, 1.807) is 0 Å². The Kier molecular flexibility index (Phi) is 3.17. The number of nitrogen functional groups attached to an aromatic ring is 1. The lowest BCUT2D eigenvalue weighted by molar-refractivity contribution is 0.574. The monoisotopic (exact) mass is 233 g/mol. The van der Waals surface area contributed by atoms with E-state index in [2.05, 4.69) is 30.1 Å². The summed E-state index contributed by atoms with van der Waals surface area (Å²) in [6.07, 6.45) is 2.92. The maximum absolute atomic E-state index is 5.74. The van der Waals surface area contributed by atoms with Crippen molar-refractivity contribution in [3.05, 3.63) is 29.2 Å². The highest BCUT2D eigenvalue weighted by Crippen LogP contribution is 2.11. The van der Waals surface area contributed by atoms with Crippen molar-refractivity contribution >= 4 is 5.82 Å². The van der Waals surface area contributed by atoms with E-state index < -0.39 is 0 Å². The molecule has 0 amide bonds. The second-order valence-electron chi connectivity index (χ2n) is 4.19. The molecule has 0 aliphatic carbocycles. The van der Waals surface area contributed by atoms with Crippen LogP contribution in [0, 0.1) is 6.92 Å². The molecule has 0 atom stereocenters. The summed E-state index contributed by atoms with van der Waals surface area (Å²) in [6, 6.07) is 2.14. The van der Waals surface area contributed by atoms with E-state index in [1.807, 2.05) is 22.5 Å². The van der Waals surface area contributed by atoms with E-state index in [0.29, 0.717) is 5.82 Å². The van der Waals surface area contributed by atoms with Gasteiger partial charge in [0.25, 0.3) is 0 Å². The van der Waals surface area contributed by atoms with E-state index in [0.717, 1.165) is 30.8 Å². The summed E-state index contributed by atoms with van der Waals surface area (Å²) in [6.45, 7) is 7.78. The fraction of sp³-hybridized carbons (Fsp3) is 0.500. The molecule has 0 aliphatic rings. The van der Waals surface area contributed by atoms with Gasteiger partial charge in [0, 0.05) is 18.3 Å². The van der Waals surface area contributed by atoms with Gasteiger partial charge in [-0.25, -0.2) is 0 Å². The first kappa shape index (κ1) is 11.7. The first-order valence-corrected chi connectivity index (χ1v) is 5.99. The second kappa shape index (κ2) is 4.61. The molecule has 2 heterocycles. The molecule has 0 aromatic carbocycles. The molecule has 0 radical (unpaired) electrons. The zero-order chi connectivity index (χ0) is 12.4. The smallest absolute Gasteiger partial charge is 0.148 e. The van der Waals surface area contributed by atoms with Crippen molar-refractivity contribution in [2.24, 2.45) is 0 Å². The highest BCUT2D eigenvalue weighted by Gasteiger charge is 2.08. The average Bonchev–Trinajstić information content (AvgIpc) is 2.84. The fourth-order valence-electron chi connectivity index (χ4n) is 1.87. The van der Waals surface area contributed by atoms with Crippen molar-refractivity contribution < 1.29 is 0 Å². The summed E-state index contributed by atoms with van der Waals surface area (Å²) in [7, 11) is 0. The van der Waals surface area contributed by atoms with Crippen molar-refractivity contribution in [3.8, 4) is 0 Å². The molecule has 0 fully saturated rings. The van der Waals surface area contributed by atoms with Gasteiger partial charge in [-0.3, -0.25) is 9.36 Å². The van der Waals surface area contributed by atoms with Crippen LogP contribution >= 0.6 is 0 Å². The molecule has 0 bridgehead atoms. The summed E-state index contributed by atoms with van der Waals surface area (Å²) >= 11 is 0. The number of anilines is 1. The molecule has 2 N–H and O–H groups in total. The van der Waals surface area contributed by atoms with E-state index in [-0.39, 0.29) is 0 Å². The minimum atomic E-state index is 0.600. The average molecular weight is 233 g/mol. The van der Waals surface area contributed by atoms with Crippen molar-refractivity contribution in [1.29, 1.82) is 0 Å². The zero-order valence-electron chi connectivity index (χ0n) is 10.6. The third-order valence-corrected chi connectivity index (χ3v) is 2.88. The van der Waals surface area contributed by atoms with Crippen LogP contribution in [0.2, 0.25) is 0 Å². The molecule has 17 heavy (non-hydrogen) atoms. The van der Waals surface area contributed by atoms with Crippen LogP contribution in [-0.4, -0.2) is 19.6 Å². The number of hydrogen-bond acceptors (Lipinski definition) is 3. The van der Waals surface area contributed by atoms with Gasteiger partial charge in [0.15, 0.2) is 0 Å². The quantitative estimate of drug-likeness (QED) is 0.872. The summed E-state index contributed by atoms with van der Waals surface area (Å²) in [5.74, 6) is 0.600. The van der Waals surface area contributed by atoms with Gasteiger partial charge in [0.2, 0.25) is 0 Å². The van der Waals surface area contributed by atoms with Crippen LogP contribution in [0.1, 0.15) is 30.8 Å². The number of nitrogens with zero attached hydrogens (tertiary/aromatic N) is 4. The molecular weight excluding hydrogens is 214 g/mol. The molecule has 92 valence electrons. The Labute approximate surface area is 101 Å². The predicted octanol–water partition coefficient (Wildman–Crippen LogP) is 1.60. The highest BCUT2D eigenvalue weighted by molar-refractivity contribution is 5.35. The van der Waals surface area contributed by atoms with Gasteiger partial charge >= 0.3 is 0 Å². The minimum absolute atomic E-state index is 0.600. The van der Waals surface area contributed by atoms with Gasteiger partial charge in [0.1, 0.15) is 5.82 Å². The van der Waals surface area contributed by atoms with Crippen LogP contribution in [0.4, 0.5) is 5.82 Å². The maximum Gasteiger partial charge on any atom is 0.148 e. The zero-order valence-corrected chi connectivity index (χ0v) is 10.6. The third-order valence-electron chi connectivity index (χ3n) is 2.88. The van der Waals surface area contributed by atoms with Gasteiger partial charge in [-0.05, 0) is 26.3 Å². The number of aromatic nitrogens is 4. The normalized spacial score (nSPS) is 11.0. The summed E-state index contributed by atoms with van der Waals surface area (Å²) in [4.78, 5) is 0. The van der Waals surface area contributed by atoms with Crippen molar-refractivity contribution in [2.45, 2.75) is 40.3 Å². The SMILES string of the molecule is CCc1cc(Cn2cc(C)c(N)n2)n(CC)n1. The van der Waals surface area contributed by atoms with Gasteiger partial charge in [-0.2, -0.15) is 10.2 Å². The highest BCUT2D eigenvalue weighted by atomic mass is 15.3. The van der Waals surface area contributed by atoms with Gasteiger partial charge < -0.3 is 5.73 Å². The Morgan fingerprint density at radius 2 is 2.06 bits per heavy atom. The summed E-state index contributed by atoms with van der Waals surface area (Å²) < 4.78 is 3.89. The molecule has 5 heteroatoms. The van der Waals surface area contributed by atoms with Crippen molar-refractivity contribution in [2.75, 3.05) is 5.73 Å². The Morgan fingerprint density at radius 3 is 2.59 bits per heavy atom. The van der Waals surface area contributed by atoms with Crippen LogP contribution in [0.15, 0.2) is 12.3 Å². The summed E-state index contributed by atoms with van der Waals surface area (Å²) in [5.41, 5.74) is 9.06. The van der Waals surface area contributed by atoms with Crippen molar-refractivity contribution in [1.82, 2.24) is 19.6 Å². The first-order chi connectivity index (χ1) is 8.13. The molecule has 0 unspecified atom stereocenters. The number of rotatable bonds is 4. The molecular formula is C12H19N5. The lowest BCUT2D eigenvalue weighted by Crippen LogP contribution is -2.08. The van der Waals surface area contributed by atoms with Crippen molar-refractivity contribution in [3.63, 3.8) is 0 Å². The molecule has 2 aromatic heterocycles. The molecule has 0 spiro atoms. The van der Waals surface area contributed by atoms with Crippen LogP contribution in [0.25, 0.3) is 0 Å². The standard InChI is InChI=1S/C12H19N5/c1-4-10-6-11(17(5-2)14-10)8-16-7-9(3)12(13)15-16/h6-7H,4-5,8H2,1-3H3,(H2,13,15). The topological polar surface area (TPSA) is 61.7 Å². The van der Waals surface area contributed by atoms with Gasteiger partial charge in [-0.15, -0.1) is 0 Å². The Balaban J connectivity index is 2.25. The Morgan fingerprint density at radius 1 is 1.29 bits per heavy atom. The summed E-state index contributed by atoms with van der Waals surface area (Å²) in [5, 5.41) is 8.79. The Hall–Kier alpha value is -1.78. The predicted molar refractivity (Wildman–Crippen MR) is 67.8 cm³/mol. The number of hydrogen-bond donors (Lipinski definition) is 1. The third kappa shape index (κ3) is 2.33. The van der Waals surface area contributed by atoms with Crippen LogP contribution < -0.4 is 5.73 Å². The van der Waals surface area contributed by atoms with Crippen LogP contribution in [0.5, 0.6) is 0 Å². The minimum Gasteiger partial charge on any atom is -0.382 e.